The van der Waals surface area contributed by atoms with E-state index in [9.17, 15) is 9.59 Å². The highest BCUT2D eigenvalue weighted by Crippen LogP contribution is 2.39. The van der Waals surface area contributed by atoms with E-state index >= 15 is 0 Å². The molecule has 0 aliphatic carbocycles. The molecule has 1 atom stereocenters. The molecular weight excluding hydrogens is 422 g/mol. The van der Waals surface area contributed by atoms with E-state index < -0.39 is 6.04 Å². The van der Waals surface area contributed by atoms with Gasteiger partial charge >= 0.3 is 12.0 Å². The number of nitrogens with one attached hydrogen (secondary N) is 1. The zero-order chi connectivity index (χ0) is 23.4. The van der Waals surface area contributed by atoms with Crippen LogP contribution in [0.2, 0.25) is 0 Å². The Morgan fingerprint density at radius 3 is 2.55 bits per heavy atom. The Balaban J connectivity index is 1.78. The second-order valence-corrected chi connectivity index (χ2v) is 7.63. The van der Waals surface area contributed by atoms with Crippen molar-refractivity contribution in [2.24, 2.45) is 0 Å². The molecule has 1 aliphatic heterocycles. The maximum Gasteiger partial charge on any atom is 0.318 e. The largest absolute Gasteiger partial charge is 0.493 e. The first-order chi connectivity index (χ1) is 16.1. The second-order valence-electron chi connectivity index (χ2n) is 7.63. The van der Waals surface area contributed by atoms with Crippen molar-refractivity contribution < 1.29 is 23.8 Å². The Labute approximate surface area is 192 Å². The van der Waals surface area contributed by atoms with Crippen LogP contribution in [0.5, 0.6) is 11.5 Å². The summed E-state index contributed by atoms with van der Waals surface area (Å²) >= 11 is 0. The quantitative estimate of drug-likeness (QED) is 0.581. The highest BCUT2D eigenvalue weighted by molar-refractivity contribution is 5.77. The first kappa shape index (κ1) is 22.3. The predicted molar refractivity (Wildman–Crippen MR) is 123 cm³/mol. The normalized spacial score (nSPS) is 14.5. The van der Waals surface area contributed by atoms with Gasteiger partial charge in [0.25, 0.3) is 0 Å². The molecule has 0 bridgehead atoms. The lowest BCUT2D eigenvalue weighted by atomic mass is 10.0. The minimum absolute atomic E-state index is 0.101. The molecule has 0 spiro atoms. The summed E-state index contributed by atoms with van der Waals surface area (Å²) in [6.45, 7) is 0.574. The van der Waals surface area contributed by atoms with Gasteiger partial charge in [0, 0.05) is 18.4 Å². The van der Waals surface area contributed by atoms with Gasteiger partial charge in [-0.1, -0.05) is 24.3 Å². The van der Waals surface area contributed by atoms with Crippen molar-refractivity contribution in [1.29, 1.82) is 0 Å². The van der Waals surface area contributed by atoms with Crippen molar-refractivity contribution in [3.8, 4) is 17.2 Å². The van der Waals surface area contributed by atoms with Gasteiger partial charge in [0.1, 0.15) is 0 Å². The molecule has 0 saturated carbocycles. The fourth-order valence-electron chi connectivity index (χ4n) is 4.19. The van der Waals surface area contributed by atoms with Crippen molar-refractivity contribution in [2.45, 2.75) is 19.0 Å². The summed E-state index contributed by atoms with van der Waals surface area (Å²) in [6, 6.07) is 17.0. The summed E-state index contributed by atoms with van der Waals surface area (Å²) in [6.07, 6.45) is 2.10. The number of benzene rings is 2. The van der Waals surface area contributed by atoms with E-state index in [1.54, 1.807) is 19.1 Å². The first-order valence-electron chi connectivity index (χ1n) is 10.7. The number of carbonyl (C=O) groups excluding carboxylic acids is 2. The number of aromatic nitrogens is 1. The summed E-state index contributed by atoms with van der Waals surface area (Å²) in [5.74, 6) is 0.824. The third kappa shape index (κ3) is 4.37. The van der Waals surface area contributed by atoms with E-state index in [4.69, 9.17) is 9.47 Å². The monoisotopic (exact) mass is 449 g/mol. The Morgan fingerprint density at radius 1 is 1.00 bits per heavy atom. The lowest BCUT2D eigenvalue weighted by molar-refractivity contribution is -0.140. The molecule has 0 saturated heterocycles. The van der Waals surface area contributed by atoms with Gasteiger partial charge in [0.2, 0.25) is 0 Å². The number of nitrogens with zero attached hydrogens (tertiary/aromatic N) is 2. The van der Waals surface area contributed by atoms with Crippen molar-refractivity contribution in [1.82, 2.24) is 14.8 Å². The van der Waals surface area contributed by atoms with E-state index in [-0.39, 0.29) is 25.0 Å². The van der Waals surface area contributed by atoms with Crippen LogP contribution in [0.3, 0.4) is 0 Å². The standard InChI is InChI=1S/C25H27N3O5/c1-31-21-11-10-17(15-22(21)32-2)24-20-9-6-14-27(20)19-8-5-4-7-18(19)16-28(24)25(30)26-13-12-23(29)33-3/h4-11,14-15,24H,12-13,16H2,1-3H3,(H,26,30)/t24-/m1/s1. The summed E-state index contributed by atoms with van der Waals surface area (Å²) in [5, 5.41) is 2.87. The molecule has 0 radical (unpaired) electrons. The van der Waals surface area contributed by atoms with Crippen molar-refractivity contribution in [3.63, 3.8) is 0 Å². The number of carbonyl (C=O) groups is 2. The molecule has 1 aliphatic rings. The smallest absolute Gasteiger partial charge is 0.318 e. The molecule has 1 N–H and O–H groups in total. The zero-order valence-corrected chi connectivity index (χ0v) is 18.9. The van der Waals surface area contributed by atoms with Gasteiger partial charge in [-0.15, -0.1) is 0 Å². The highest BCUT2D eigenvalue weighted by Gasteiger charge is 2.33. The van der Waals surface area contributed by atoms with Gasteiger partial charge < -0.3 is 29.0 Å². The molecule has 0 fully saturated rings. The number of urea groups is 1. The Kier molecular flexibility index (Phi) is 6.53. The average Bonchev–Trinajstić information content (AvgIpc) is 3.27. The molecule has 8 nitrogen and oxygen atoms in total. The average molecular weight is 450 g/mol. The highest BCUT2D eigenvalue weighted by atomic mass is 16.5. The molecule has 3 aromatic rings. The maximum atomic E-state index is 13.4. The molecule has 2 amide bonds. The number of esters is 1. The molecule has 1 aromatic heterocycles. The number of hydrogen-bond donors (Lipinski definition) is 1. The van der Waals surface area contributed by atoms with Crippen molar-refractivity contribution in [3.05, 3.63) is 77.6 Å². The van der Waals surface area contributed by atoms with E-state index in [1.165, 1.54) is 7.11 Å². The number of hydrogen-bond acceptors (Lipinski definition) is 5. The molecule has 172 valence electrons. The van der Waals surface area contributed by atoms with E-state index in [2.05, 4.69) is 14.6 Å². The van der Waals surface area contributed by atoms with Crippen LogP contribution in [0.15, 0.2) is 60.8 Å². The van der Waals surface area contributed by atoms with E-state index in [0.29, 0.717) is 18.0 Å². The SMILES string of the molecule is COC(=O)CCNC(=O)N1Cc2ccccc2-n2cccc2[C@H]1c1ccc(OC)c(OC)c1. The van der Waals surface area contributed by atoms with Crippen LogP contribution in [0.25, 0.3) is 5.69 Å². The lowest BCUT2D eigenvalue weighted by Crippen LogP contribution is -2.42. The molecule has 2 heterocycles. The minimum Gasteiger partial charge on any atom is -0.493 e. The minimum atomic E-state index is -0.398. The zero-order valence-electron chi connectivity index (χ0n) is 18.9. The summed E-state index contributed by atoms with van der Waals surface area (Å²) in [5.41, 5.74) is 3.85. The van der Waals surface area contributed by atoms with Crippen LogP contribution in [0, 0.1) is 0 Å². The predicted octanol–water partition coefficient (Wildman–Crippen LogP) is 3.67. The number of rotatable bonds is 6. The van der Waals surface area contributed by atoms with E-state index in [1.807, 2.05) is 60.8 Å². The van der Waals surface area contributed by atoms with Crippen LogP contribution in [-0.2, 0) is 16.1 Å². The molecule has 0 unspecified atom stereocenters. The fourth-order valence-corrected chi connectivity index (χ4v) is 4.19. The molecule has 33 heavy (non-hydrogen) atoms. The van der Waals surface area contributed by atoms with Gasteiger partial charge in [-0.25, -0.2) is 4.79 Å². The Morgan fingerprint density at radius 2 is 1.79 bits per heavy atom. The van der Waals surface area contributed by atoms with Crippen LogP contribution < -0.4 is 14.8 Å². The third-order valence-electron chi connectivity index (χ3n) is 5.78. The number of para-hydroxylation sites is 1. The van der Waals surface area contributed by atoms with Crippen LogP contribution in [-0.4, -0.2) is 49.3 Å². The van der Waals surface area contributed by atoms with E-state index in [0.717, 1.165) is 22.5 Å². The topological polar surface area (TPSA) is 82.0 Å². The van der Waals surface area contributed by atoms with Crippen LogP contribution in [0.4, 0.5) is 4.79 Å². The summed E-state index contributed by atoms with van der Waals surface area (Å²) in [7, 11) is 4.51. The third-order valence-corrected chi connectivity index (χ3v) is 5.78. The first-order valence-corrected chi connectivity index (χ1v) is 10.7. The Bertz CT molecular complexity index is 1160. The van der Waals surface area contributed by atoms with Crippen LogP contribution in [0.1, 0.15) is 29.3 Å². The number of amides is 2. The number of methoxy groups -OCH3 is 3. The number of fused-ring (bicyclic) bond motifs is 3. The van der Waals surface area contributed by atoms with Gasteiger partial charge in [-0.3, -0.25) is 4.79 Å². The van der Waals surface area contributed by atoms with Crippen LogP contribution >= 0.6 is 0 Å². The Hall–Kier alpha value is -3.94. The molecule has 4 rings (SSSR count). The van der Waals surface area contributed by atoms with Crippen molar-refractivity contribution in [2.75, 3.05) is 27.9 Å². The van der Waals surface area contributed by atoms with Gasteiger partial charge in [0.05, 0.1) is 46.0 Å². The second kappa shape index (κ2) is 9.68. The molecule has 2 aromatic carbocycles. The maximum absolute atomic E-state index is 13.4. The van der Waals surface area contributed by atoms with Gasteiger partial charge in [-0.05, 0) is 41.5 Å². The van der Waals surface area contributed by atoms with Gasteiger partial charge in [-0.2, -0.15) is 0 Å². The summed E-state index contributed by atoms with van der Waals surface area (Å²) < 4.78 is 17.7. The molecular formula is C25H27N3O5. The molecule has 8 heteroatoms. The lowest BCUT2D eigenvalue weighted by Gasteiger charge is -2.31. The van der Waals surface area contributed by atoms with Gasteiger partial charge in [0.15, 0.2) is 11.5 Å². The number of ether oxygens (including phenoxy) is 3. The summed E-state index contributed by atoms with van der Waals surface area (Å²) in [4.78, 5) is 26.7. The van der Waals surface area contributed by atoms with Crippen molar-refractivity contribution >= 4 is 12.0 Å². The fraction of sp³-hybridized carbons (Fsp3) is 0.280.